The zero-order chi connectivity index (χ0) is 15.3. The van der Waals surface area contributed by atoms with Crippen molar-refractivity contribution in [3.05, 3.63) is 27.7 Å². The van der Waals surface area contributed by atoms with Gasteiger partial charge in [0.25, 0.3) is 0 Å². The topological polar surface area (TPSA) is 48.1 Å². The number of hydrogen-bond donors (Lipinski definition) is 0. The van der Waals surface area contributed by atoms with Gasteiger partial charge in [-0.05, 0) is 37.5 Å². The summed E-state index contributed by atoms with van der Waals surface area (Å²) in [7, 11) is 0. The highest BCUT2D eigenvalue weighted by Crippen LogP contribution is 2.56. The van der Waals surface area contributed by atoms with E-state index in [1.807, 2.05) is 6.92 Å². The highest BCUT2D eigenvalue weighted by Gasteiger charge is 2.60. The molecule has 4 rings (SSSR count). The quantitative estimate of drug-likeness (QED) is 0.592. The van der Waals surface area contributed by atoms with Crippen LogP contribution < -0.4 is 4.74 Å². The van der Waals surface area contributed by atoms with Gasteiger partial charge in [-0.1, -0.05) is 15.9 Å². The van der Waals surface area contributed by atoms with Gasteiger partial charge in [0, 0.05) is 22.9 Å². The van der Waals surface area contributed by atoms with Crippen molar-refractivity contribution < 1.29 is 19.0 Å². The number of rotatable bonds is 5. The maximum Gasteiger partial charge on any atom is 0.305 e. The third kappa shape index (κ3) is 2.44. The standard InChI is InChI=1S/C17H19BrO4/c1-2-20-14(19)5-3-4-9-6-10(18)7-11-15-12(21-16(9)11)8-13-17(15)22-13/h6-7,12-13,15,17H,2-5,8H2,1H3/t12?,13-,15?,17-/m1/s1. The first kappa shape index (κ1) is 14.5. The summed E-state index contributed by atoms with van der Waals surface area (Å²) in [6.07, 6.45) is 4.11. The van der Waals surface area contributed by atoms with E-state index >= 15 is 0 Å². The van der Waals surface area contributed by atoms with Crippen molar-refractivity contribution >= 4 is 21.9 Å². The first-order valence-electron chi connectivity index (χ1n) is 7.97. The Morgan fingerprint density at radius 2 is 2.27 bits per heavy atom. The average Bonchev–Trinajstić information content (AvgIpc) is 2.98. The Bertz CT molecular complexity index is 615. The number of ether oxygens (including phenoxy) is 3. The van der Waals surface area contributed by atoms with Crippen molar-refractivity contribution in [2.75, 3.05) is 6.61 Å². The van der Waals surface area contributed by atoms with Crippen LogP contribution in [0.25, 0.3) is 0 Å². The van der Waals surface area contributed by atoms with Crippen LogP contribution >= 0.6 is 15.9 Å². The molecular weight excluding hydrogens is 348 g/mol. The molecule has 2 fully saturated rings. The van der Waals surface area contributed by atoms with E-state index in [1.54, 1.807) is 0 Å². The molecule has 0 aromatic heterocycles. The lowest BCUT2D eigenvalue weighted by Crippen LogP contribution is -2.17. The highest BCUT2D eigenvalue weighted by atomic mass is 79.9. The number of hydrogen-bond acceptors (Lipinski definition) is 4. The number of fused-ring (bicyclic) bond motifs is 5. The van der Waals surface area contributed by atoms with Gasteiger partial charge in [-0.2, -0.15) is 0 Å². The van der Waals surface area contributed by atoms with Crippen LogP contribution in [0.2, 0.25) is 0 Å². The monoisotopic (exact) mass is 366 g/mol. The van der Waals surface area contributed by atoms with E-state index in [0.29, 0.717) is 31.2 Å². The van der Waals surface area contributed by atoms with Crippen molar-refractivity contribution in [1.82, 2.24) is 0 Å². The molecule has 0 amide bonds. The molecule has 2 aliphatic heterocycles. The maximum absolute atomic E-state index is 11.5. The zero-order valence-corrected chi connectivity index (χ0v) is 14.1. The minimum absolute atomic E-state index is 0.124. The Hall–Kier alpha value is -1.07. The molecule has 3 aliphatic rings. The van der Waals surface area contributed by atoms with Crippen molar-refractivity contribution in [3.8, 4) is 5.75 Å². The van der Waals surface area contributed by atoms with Crippen LogP contribution in [0.5, 0.6) is 5.75 Å². The number of carbonyl (C=O) groups excluding carboxylic acids is 1. The van der Waals surface area contributed by atoms with Crippen LogP contribution in [0.3, 0.4) is 0 Å². The molecule has 1 aromatic rings. The zero-order valence-electron chi connectivity index (χ0n) is 12.5. The van der Waals surface area contributed by atoms with Gasteiger partial charge in [-0.15, -0.1) is 0 Å². The number of benzene rings is 1. The molecule has 1 saturated carbocycles. The molecule has 4 atom stereocenters. The van der Waals surface area contributed by atoms with E-state index in [-0.39, 0.29) is 12.1 Å². The molecule has 1 aliphatic carbocycles. The number of epoxide rings is 1. The molecule has 4 nitrogen and oxygen atoms in total. The van der Waals surface area contributed by atoms with Gasteiger partial charge in [-0.3, -0.25) is 4.79 Å². The largest absolute Gasteiger partial charge is 0.489 e. The van der Waals surface area contributed by atoms with E-state index in [4.69, 9.17) is 14.2 Å². The van der Waals surface area contributed by atoms with Crippen LogP contribution in [0.1, 0.15) is 43.2 Å². The molecule has 1 saturated heterocycles. The fraction of sp³-hybridized carbons (Fsp3) is 0.588. The molecule has 5 heteroatoms. The summed E-state index contributed by atoms with van der Waals surface area (Å²) in [6.45, 7) is 2.28. The SMILES string of the molecule is CCOC(=O)CCCc1cc(Br)cc2c1OC1C[C@H]3O[C@H]3C21. The summed E-state index contributed by atoms with van der Waals surface area (Å²) in [5.41, 5.74) is 2.45. The first-order valence-corrected chi connectivity index (χ1v) is 8.76. The number of carbonyl (C=O) groups is 1. The molecule has 2 heterocycles. The summed E-state index contributed by atoms with van der Waals surface area (Å²) in [6, 6.07) is 4.27. The van der Waals surface area contributed by atoms with Crippen LogP contribution in [0.4, 0.5) is 0 Å². The van der Waals surface area contributed by atoms with Crippen molar-refractivity contribution in [2.45, 2.75) is 56.8 Å². The highest BCUT2D eigenvalue weighted by molar-refractivity contribution is 9.10. The lowest BCUT2D eigenvalue weighted by atomic mass is 9.94. The molecule has 22 heavy (non-hydrogen) atoms. The number of esters is 1. The Morgan fingerprint density at radius 1 is 1.41 bits per heavy atom. The van der Waals surface area contributed by atoms with Crippen molar-refractivity contribution in [2.24, 2.45) is 0 Å². The van der Waals surface area contributed by atoms with Crippen molar-refractivity contribution in [1.29, 1.82) is 0 Å². The molecule has 0 radical (unpaired) electrons. The van der Waals surface area contributed by atoms with Gasteiger partial charge in [-0.25, -0.2) is 0 Å². The van der Waals surface area contributed by atoms with Gasteiger partial charge in [0.15, 0.2) is 0 Å². The Balaban J connectivity index is 1.50. The van der Waals surface area contributed by atoms with Crippen LogP contribution in [0, 0.1) is 0 Å². The molecule has 0 N–H and O–H groups in total. The second kappa shape index (κ2) is 5.53. The van der Waals surface area contributed by atoms with Gasteiger partial charge in [0.05, 0.1) is 24.7 Å². The second-order valence-electron chi connectivity index (χ2n) is 6.20. The maximum atomic E-state index is 11.5. The number of halogens is 1. The molecule has 0 bridgehead atoms. The minimum atomic E-state index is -0.124. The Morgan fingerprint density at radius 3 is 3.09 bits per heavy atom. The summed E-state index contributed by atoms with van der Waals surface area (Å²) in [5.74, 6) is 1.29. The Labute approximate surface area is 138 Å². The predicted molar refractivity (Wildman–Crippen MR) is 84.1 cm³/mol. The minimum Gasteiger partial charge on any atom is -0.489 e. The van der Waals surface area contributed by atoms with Crippen LogP contribution in [0.15, 0.2) is 16.6 Å². The lowest BCUT2D eigenvalue weighted by Gasteiger charge is -2.12. The molecule has 2 unspecified atom stereocenters. The summed E-state index contributed by atoms with van der Waals surface area (Å²) < 4.78 is 17.9. The van der Waals surface area contributed by atoms with E-state index < -0.39 is 0 Å². The fourth-order valence-corrected chi connectivity index (χ4v) is 4.33. The molecule has 1 aromatic carbocycles. The molecule has 0 spiro atoms. The van der Waals surface area contributed by atoms with E-state index in [9.17, 15) is 4.79 Å². The van der Waals surface area contributed by atoms with Gasteiger partial charge < -0.3 is 14.2 Å². The van der Waals surface area contributed by atoms with Crippen LogP contribution in [-0.4, -0.2) is 30.9 Å². The smallest absolute Gasteiger partial charge is 0.305 e. The van der Waals surface area contributed by atoms with E-state index in [0.717, 1.165) is 29.5 Å². The average molecular weight is 367 g/mol. The fourth-order valence-electron chi connectivity index (χ4n) is 3.81. The molecule has 118 valence electrons. The van der Waals surface area contributed by atoms with E-state index in [2.05, 4.69) is 28.1 Å². The third-order valence-corrected chi connectivity index (χ3v) is 5.22. The first-order chi connectivity index (χ1) is 10.7. The second-order valence-corrected chi connectivity index (χ2v) is 7.11. The van der Waals surface area contributed by atoms with E-state index in [1.165, 1.54) is 11.1 Å². The predicted octanol–water partition coefficient (Wildman–Crippen LogP) is 3.35. The molecular formula is C17H19BrO4. The van der Waals surface area contributed by atoms with Gasteiger partial charge >= 0.3 is 5.97 Å². The van der Waals surface area contributed by atoms with Crippen molar-refractivity contribution in [3.63, 3.8) is 0 Å². The Kier molecular flexibility index (Phi) is 3.65. The lowest BCUT2D eigenvalue weighted by molar-refractivity contribution is -0.143. The van der Waals surface area contributed by atoms with Gasteiger partial charge in [0.1, 0.15) is 11.9 Å². The normalized spacial score (nSPS) is 30.3. The summed E-state index contributed by atoms with van der Waals surface area (Å²) in [4.78, 5) is 11.5. The number of aryl methyl sites for hydroxylation is 1. The van der Waals surface area contributed by atoms with Crippen LogP contribution in [-0.2, 0) is 20.7 Å². The third-order valence-electron chi connectivity index (χ3n) is 4.76. The summed E-state index contributed by atoms with van der Waals surface area (Å²) in [5, 5.41) is 0. The summed E-state index contributed by atoms with van der Waals surface area (Å²) >= 11 is 3.60. The van der Waals surface area contributed by atoms with Gasteiger partial charge in [0.2, 0.25) is 0 Å².